The first kappa shape index (κ1) is 20.3. The summed E-state index contributed by atoms with van der Waals surface area (Å²) in [5.74, 6) is 1.06. The van der Waals surface area contributed by atoms with Crippen LogP contribution in [0, 0.1) is 0 Å². The van der Waals surface area contributed by atoms with Crippen LogP contribution in [0.3, 0.4) is 0 Å². The van der Waals surface area contributed by atoms with Crippen molar-refractivity contribution in [3.63, 3.8) is 0 Å². The van der Waals surface area contributed by atoms with Gasteiger partial charge >= 0.3 is 152 Å². The van der Waals surface area contributed by atoms with E-state index in [4.69, 9.17) is 13.9 Å². The van der Waals surface area contributed by atoms with E-state index in [-0.39, 0.29) is 6.29 Å². The van der Waals surface area contributed by atoms with Crippen LogP contribution in [0.1, 0.15) is 65.1 Å². The fraction of sp³-hybridized carbons (Fsp3) is 0.800. The van der Waals surface area contributed by atoms with Crippen molar-refractivity contribution in [2.24, 2.45) is 0 Å². The molecule has 1 aliphatic rings. The van der Waals surface area contributed by atoms with Crippen LogP contribution in [0.4, 0.5) is 0 Å². The number of hydrogen-bond acceptors (Lipinski definition) is 3. The molecule has 0 aliphatic carbocycles. The second kappa shape index (κ2) is 10.9. The molecule has 1 fully saturated rings. The quantitative estimate of drug-likeness (QED) is 0.414. The van der Waals surface area contributed by atoms with E-state index in [0.29, 0.717) is 13.2 Å². The second-order valence-corrected chi connectivity index (χ2v) is 20.2. The van der Waals surface area contributed by atoms with Crippen molar-refractivity contribution in [1.82, 2.24) is 0 Å². The Morgan fingerprint density at radius 2 is 1.42 bits per heavy atom. The molecule has 0 aromatic carbocycles. The van der Waals surface area contributed by atoms with E-state index in [1.54, 1.807) is 0 Å². The molecule has 0 N–H and O–H groups in total. The summed E-state index contributed by atoms with van der Waals surface area (Å²) in [6.45, 7) is 8.38. The van der Waals surface area contributed by atoms with Gasteiger partial charge in [0.05, 0.1) is 0 Å². The second-order valence-electron chi connectivity index (χ2n) is 7.23. The van der Waals surface area contributed by atoms with Gasteiger partial charge in [0.1, 0.15) is 0 Å². The van der Waals surface area contributed by atoms with Gasteiger partial charge in [-0.25, -0.2) is 0 Å². The molecule has 0 amide bonds. The number of furan rings is 1. The molecule has 2 rings (SSSR count). The SMILES string of the molecule is CCC[CH2][Sn]([CH2]CCC)([CH2]CCC)[c]1ccc(CC2OCCO2)o1. The van der Waals surface area contributed by atoms with Gasteiger partial charge in [-0.1, -0.05) is 0 Å². The molecule has 1 aliphatic heterocycles. The summed E-state index contributed by atoms with van der Waals surface area (Å²) in [5.41, 5.74) is 0. The predicted molar refractivity (Wildman–Crippen MR) is 103 cm³/mol. The van der Waals surface area contributed by atoms with Gasteiger partial charge in [0.15, 0.2) is 0 Å². The van der Waals surface area contributed by atoms with Crippen LogP contribution in [0.2, 0.25) is 13.3 Å². The fourth-order valence-electron chi connectivity index (χ4n) is 3.75. The van der Waals surface area contributed by atoms with Gasteiger partial charge in [0.2, 0.25) is 0 Å². The van der Waals surface area contributed by atoms with Crippen molar-refractivity contribution in [3.05, 3.63) is 17.9 Å². The van der Waals surface area contributed by atoms with E-state index in [1.165, 1.54) is 55.6 Å². The van der Waals surface area contributed by atoms with Gasteiger partial charge in [-0.2, -0.15) is 0 Å². The fourth-order valence-corrected chi connectivity index (χ4v) is 19.1. The Hall–Kier alpha value is -0.00130. The summed E-state index contributed by atoms with van der Waals surface area (Å²) >= 11 is -2.41. The van der Waals surface area contributed by atoms with Gasteiger partial charge in [-0.15, -0.1) is 0 Å². The van der Waals surface area contributed by atoms with Crippen molar-refractivity contribution in [1.29, 1.82) is 0 Å². The van der Waals surface area contributed by atoms with Crippen molar-refractivity contribution >= 4 is 22.2 Å². The predicted octanol–water partition coefficient (Wildman–Crippen LogP) is 5.25. The molecule has 0 unspecified atom stereocenters. The topological polar surface area (TPSA) is 31.6 Å². The van der Waals surface area contributed by atoms with Gasteiger partial charge in [0.25, 0.3) is 0 Å². The Kier molecular flexibility index (Phi) is 9.20. The van der Waals surface area contributed by atoms with E-state index in [9.17, 15) is 0 Å². The summed E-state index contributed by atoms with van der Waals surface area (Å²) in [4.78, 5) is 0. The standard InChI is InChI=1S/C8H9O3.3C4H9.Sn/c1-2-7(9-3-1)6-8-10-4-5-11-8;3*1-3-4-2;/h1-2,8H,4-6H2;3*1,3-4H2,2H3;. The summed E-state index contributed by atoms with van der Waals surface area (Å²) in [7, 11) is 0. The molecule has 138 valence electrons. The van der Waals surface area contributed by atoms with Gasteiger partial charge in [0, 0.05) is 0 Å². The van der Waals surface area contributed by atoms with Crippen LogP contribution in [0.25, 0.3) is 0 Å². The third-order valence-electron chi connectivity index (χ3n) is 5.27. The summed E-state index contributed by atoms with van der Waals surface area (Å²) in [6, 6.07) is 4.51. The van der Waals surface area contributed by atoms with Gasteiger partial charge in [-0.05, 0) is 0 Å². The first-order valence-electron chi connectivity index (χ1n) is 10.1. The Bertz CT molecular complexity index is 430. The maximum absolute atomic E-state index is 6.44. The molecule has 1 aromatic heterocycles. The van der Waals surface area contributed by atoms with E-state index in [0.717, 1.165) is 12.2 Å². The zero-order valence-corrected chi connectivity index (χ0v) is 18.8. The average Bonchev–Trinajstić information content (AvgIpc) is 3.27. The first-order valence-corrected chi connectivity index (χ1v) is 17.5. The van der Waals surface area contributed by atoms with Crippen LogP contribution in [-0.4, -0.2) is 37.9 Å². The third kappa shape index (κ3) is 5.77. The van der Waals surface area contributed by atoms with Crippen molar-refractivity contribution in [2.75, 3.05) is 13.2 Å². The molecule has 4 heteroatoms. The van der Waals surface area contributed by atoms with Crippen LogP contribution in [0.5, 0.6) is 0 Å². The minimum atomic E-state index is -2.41. The maximum atomic E-state index is 6.44. The van der Waals surface area contributed by atoms with E-state index >= 15 is 0 Å². The molecule has 0 atom stereocenters. The number of ether oxygens (including phenoxy) is 2. The molecule has 0 spiro atoms. The van der Waals surface area contributed by atoms with Crippen LogP contribution < -0.4 is 3.78 Å². The summed E-state index contributed by atoms with van der Waals surface area (Å²) in [5, 5.41) is 0. The van der Waals surface area contributed by atoms with Crippen molar-refractivity contribution in [3.8, 4) is 0 Å². The van der Waals surface area contributed by atoms with Crippen molar-refractivity contribution < 1.29 is 13.9 Å². The number of rotatable bonds is 12. The monoisotopic (exact) mass is 444 g/mol. The molecule has 1 aromatic rings. The number of unbranched alkanes of at least 4 members (excludes halogenated alkanes) is 3. The Morgan fingerprint density at radius 1 is 0.875 bits per heavy atom. The minimum absolute atomic E-state index is 0.101. The Balaban J connectivity index is 2.14. The third-order valence-corrected chi connectivity index (χ3v) is 20.2. The average molecular weight is 443 g/mol. The van der Waals surface area contributed by atoms with E-state index in [1.807, 2.05) is 0 Å². The Labute approximate surface area is 152 Å². The van der Waals surface area contributed by atoms with Crippen LogP contribution in [-0.2, 0) is 15.9 Å². The molecule has 24 heavy (non-hydrogen) atoms. The van der Waals surface area contributed by atoms with Crippen LogP contribution in [0.15, 0.2) is 16.5 Å². The van der Waals surface area contributed by atoms with Gasteiger partial charge < -0.3 is 0 Å². The molecule has 1 saturated heterocycles. The zero-order chi connectivity index (χ0) is 17.3. The number of hydrogen-bond donors (Lipinski definition) is 0. The molecule has 3 nitrogen and oxygen atoms in total. The molecular formula is C20H36O3Sn. The zero-order valence-electron chi connectivity index (χ0n) is 15.9. The molecule has 0 bridgehead atoms. The van der Waals surface area contributed by atoms with Crippen LogP contribution >= 0.6 is 0 Å². The first-order chi connectivity index (χ1) is 11.7. The Morgan fingerprint density at radius 3 is 1.92 bits per heavy atom. The van der Waals surface area contributed by atoms with Gasteiger partial charge in [-0.3, -0.25) is 0 Å². The summed E-state index contributed by atoms with van der Waals surface area (Å²) in [6.07, 6.45) is 8.67. The molecule has 0 radical (unpaired) electrons. The van der Waals surface area contributed by atoms with Crippen molar-refractivity contribution in [2.45, 2.75) is 85.3 Å². The molecular weight excluding hydrogens is 407 g/mol. The molecule has 2 heterocycles. The molecule has 0 saturated carbocycles. The van der Waals surface area contributed by atoms with E-state index < -0.39 is 18.4 Å². The van der Waals surface area contributed by atoms with E-state index in [2.05, 4.69) is 32.9 Å². The normalized spacial score (nSPS) is 16.1. The summed E-state index contributed by atoms with van der Waals surface area (Å²) < 4.78 is 23.4.